The first-order valence-corrected chi connectivity index (χ1v) is 11.2. The number of nitrogens with zero attached hydrogens (tertiary/aromatic N) is 3. The maximum absolute atomic E-state index is 13.0. The lowest BCUT2D eigenvalue weighted by atomic mass is 9.97. The maximum Gasteiger partial charge on any atom is 0.262 e. The van der Waals surface area contributed by atoms with E-state index in [1.54, 1.807) is 27.1 Å². The van der Waals surface area contributed by atoms with Crippen molar-refractivity contribution in [3.8, 4) is 0 Å². The molecule has 152 valence electrons. The maximum atomic E-state index is 13.0. The van der Waals surface area contributed by atoms with Crippen molar-refractivity contribution in [1.29, 1.82) is 0 Å². The van der Waals surface area contributed by atoms with Gasteiger partial charge in [0.25, 0.3) is 5.56 Å². The summed E-state index contributed by atoms with van der Waals surface area (Å²) in [4.78, 5) is 34.0. The Morgan fingerprint density at radius 1 is 1.17 bits per heavy atom. The van der Waals surface area contributed by atoms with Gasteiger partial charge >= 0.3 is 0 Å². The summed E-state index contributed by atoms with van der Waals surface area (Å²) in [5.74, 6) is 0.0314. The van der Waals surface area contributed by atoms with Crippen LogP contribution in [0, 0.1) is 0 Å². The fourth-order valence-corrected chi connectivity index (χ4v) is 5.21. The van der Waals surface area contributed by atoms with Crippen molar-refractivity contribution in [3.63, 3.8) is 0 Å². The first-order valence-electron chi connectivity index (χ1n) is 10.4. The Bertz CT molecular complexity index is 1080. The second-order valence-corrected chi connectivity index (χ2v) is 8.89. The number of thiophene rings is 1. The molecule has 1 aromatic carbocycles. The Hall–Kier alpha value is -2.47. The van der Waals surface area contributed by atoms with Crippen LogP contribution in [-0.4, -0.2) is 27.4 Å². The van der Waals surface area contributed by atoms with E-state index in [9.17, 15) is 9.59 Å². The third kappa shape index (κ3) is 4.13. The van der Waals surface area contributed by atoms with E-state index in [1.807, 2.05) is 7.05 Å². The Kier molecular flexibility index (Phi) is 5.81. The minimum atomic E-state index is 0.00000691. The Morgan fingerprint density at radius 2 is 1.90 bits per heavy atom. The zero-order valence-corrected chi connectivity index (χ0v) is 17.9. The van der Waals surface area contributed by atoms with E-state index in [4.69, 9.17) is 0 Å². The van der Waals surface area contributed by atoms with Crippen LogP contribution in [0.3, 0.4) is 0 Å². The number of benzene rings is 1. The van der Waals surface area contributed by atoms with Crippen LogP contribution < -0.4 is 5.56 Å². The lowest BCUT2D eigenvalue weighted by Crippen LogP contribution is -2.29. The molecule has 0 bridgehead atoms. The highest BCUT2D eigenvalue weighted by Crippen LogP contribution is 2.33. The number of carbonyl (C=O) groups excluding carboxylic acids is 1. The molecule has 0 atom stereocenters. The van der Waals surface area contributed by atoms with Crippen LogP contribution in [0.5, 0.6) is 0 Å². The normalized spacial score (nSPS) is 13.4. The fraction of sp³-hybridized carbons (Fsp3) is 0.435. The molecule has 0 spiro atoms. The summed E-state index contributed by atoms with van der Waals surface area (Å²) >= 11 is 1.66. The van der Waals surface area contributed by atoms with Crippen LogP contribution in [0.4, 0.5) is 0 Å². The van der Waals surface area contributed by atoms with Gasteiger partial charge in [-0.1, -0.05) is 31.2 Å². The molecule has 6 heteroatoms. The van der Waals surface area contributed by atoms with Gasteiger partial charge in [0.1, 0.15) is 4.83 Å². The van der Waals surface area contributed by atoms with Crippen molar-refractivity contribution in [3.05, 3.63) is 62.5 Å². The van der Waals surface area contributed by atoms with Crippen molar-refractivity contribution >= 4 is 27.5 Å². The summed E-state index contributed by atoms with van der Waals surface area (Å²) in [5, 5.41) is 0.781. The topological polar surface area (TPSA) is 55.2 Å². The van der Waals surface area contributed by atoms with Crippen molar-refractivity contribution < 1.29 is 4.79 Å². The van der Waals surface area contributed by atoms with Gasteiger partial charge < -0.3 is 4.90 Å². The third-order valence-electron chi connectivity index (χ3n) is 5.79. The molecule has 2 aromatic heterocycles. The van der Waals surface area contributed by atoms with E-state index >= 15 is 0 Å². The molecule has 0 radical (unpaired) electrons. The van der Waals surface area contributed by atoms with Gasteiger partial charge in [0, 0.05) is 31.4 Å². The van der Waals surface area contributed by atoms with Crippen LogP contribution in [0.1, 0.15) is 47.8 Å². The molecule has 0 aliphatic heterocycles. The molecule has 0 fully saturated rings. The molecule has 0 unspecified atom stereocenters. The molecule has 1 aliphatic rings. The number of carbonyl (C=O) groups is 1. The van der Waals surface area contributed by atoms with Gasteiger partial charge in [-0.2, -0.15) is 0 Å². The first-order chi connectivity index (χ1) is 14.1. The average Bonchev–Trinajstić information content (AvgIpc) is 3.13. The lowest BCUT2D eigenvalue weighted by Gasteiger charge is -2.18. The minimum absolute atomic E-state index is 0.00000691. The van der Waals surface area contributed by atoms with Crippen LogP contribution in [0.25, 0.3) is 10.2 Å². The van der Waals surface area contributed by atoms with E-state index in [1.165, 1.54) is 22.4 Å². The van der Waals surface area contributed by atoms with Gasteiger partial charge in [0.2, 0.25) is 5.91 Å². The second kappa shape index (κ2) is 8.49. The number of amides is 1. The highest BCUT2D eigenvalue weighted by molar-refractivity contribution is 7.18. The van der Waals surface area contributed by atoms with Gasteiger partial charge in [-0.3, -0.25) is 14.2 Å². The molecule has 1 amide bonds. The van der Waals surface area contributed by atoms with Crippen LogP contribution in [0.2, 0.25) is 0 Å². The van der Waals surface area contributed by atoms with Gasteiger partial charge in [-0.15, -0.1) is 11.3 Å². The van der Waals surface area contributed by atoms with E-state index in [2.05, 4.69) is 36.2 Å². The molecule has 0 saturated heterocycles. The zero-order chi connectivity index (χ0) is 20.4. The van der Waals surface area contributed by atoms with Crippen molar-refractivity contribution in [2.24, 2.45) is 0 Å². The quantitative estimate of drug-likeness (QED) is 0.619. The SMILES string of the molecule is CCc1ccc(CN(C)C(=O)CCn2cnc3sc4c(c3c2=O)CCCC4)cc1. The molecule has 0 saturated carbocycles. The largest absolute Gasteiger partial charge is 0.341 e. The van der Waals surface area contributed by atoms with Crippen molar-refractivity contribution in [2.75, 3.05) is 7.05 Å². The van der Waals surface area contributed by atoms with Crippen molar-refractivity contribution in [2.45, 2.75) is 58.5 Å². The van der Waals surface area contributed by atoms with Crippen LogP contribution in [0.15, 0.2) is 35.4 Å². The third-order valence-corrected chi connectivity index (χ3v) is 6.98. The first kappa shape index (κ1) is 19.8. The van der Waals surface area contributed by atoms with E-state index in [-0.39, 0.29) is 11.5 Å². The smallest absolute Gasteiger partial charge is 0.262 e. The lowest BCUT2D eigenvalue weighted by molar-refractivity contribution is -0.130. The molecule has 2 heterocycles. The summed E-state index contributed by atoms with van der Waals surface area (Å²) in [6.07, 6.45) is 7.25. The minimum Gasteiger partial charge on any atom is -0.341 e. The summed E-state index contributed by atoms with van der Waals surface area (Å²) < 4.78 is 1.60. The molecule has 1 aliphatic carbocycles. The van der Waals surface area contributed by atoms with Gasteiger partial charge in [0.15, 0.2) is 0 Å². The number of hydrogen-bond acceptors (Lipinski definition) is 4. The zero-order valence-electron chi connectivity index (χ0n) is 17.1. The summed E-state index contributed by atoms with van der Waals surface area (Å²) in [5.41, 5.74) is 3.60. The predicted molar refractivity (Wildman–Crippen MR) is 117 cm³/mol. The van der Waals surface area contributed by atoms with Crippen LogP contribution in [-0.2, 0) is 37.1 Å². The fourth-order valence-electron chi connectivity index (χ4n) is 3.99. The van der Waals surface area contributed by atoms with Gasteiger partial charge in [-0.05, 0) is 48.8 Å². The molecule has 29 heavy (non-hydrogen) atoms. The summed E-state index contributed by atoms with van der Waals surface area (Å²) in [6, 6.07) is 8.36. The molecule has 4 rings (SSSR count). The summed E-state index contributed by atoms with van der Waals surface area (Å²) in [6.45, 7) is 3.07. The Balaban J connectivity index is 1.44. The van der Waals surface area contributed by atoms with Gasteiger partial charge in [-0.25, -0.2) is 4.98 Å². The predicted octanol–water partition coefficient (Wildman–Crippen LogP) is 3.95. The number of fused-ring (bicyclic) bond motifs is 3. The van der Waals surface area contributed by atoms with Crippen molar-refractivity contribution in [1.82, 2.24) is 14.5 Å². The number of aryl methyl sites for hydroxylation is 4. The molecule has 3 aromatic rings. The monoisotopic (exact) mass is 409 g/mol. The van der Waals surface area contributed by atoms with E-state index in [0.717, 1.165) is 41.5 Å². The number of aromatic nitrogens is 2. The highest BCUT2D eigenvalue weighted by atomic mass is 32.1. The Morgan fingerprint density at radius 3 is 2.66 bits per heavy atom. The van der Waals surface area contributed by atoms with E-state index < -0.39 is 0 Å². The van der Waals surface area contributed by atoms with E-state index in [0.29, 0.717) is 19.5 Å². The Labute approximate surface area is 175 Å². The number of hydrogen-bond donors (Lipinski definition) is 0. The number of rotatable bonds is 6. The molecular weight excluding hydrogens is 382 g/mol. The standard InChI is InChI=1S/C23H27N3O2S/c1-3-16-8-10-17(11-9-16)14-25(2)20(27)12-13-26-15-24-22-21(23(26)28)18-6-4-5-7-19(18)29-22/h8-11,15H,3-7,12-14H2,1-2H3. The molecule has 0 N–H and O–H groups in total. The summed E-state index contributed by atoms with van der Waals surface area (Å²) in [7, 11) is 1.82. The molecule has 5 nitrogen and oxygen atoms in total. The van der Waals surface area contributed by atoms with Gasteiger partial charge in [0.05, 0.1) is 11.7 Å². The second-order valence-electron chi connectivity index (χ2n) is 7.80. The van der Waals surface area contributed by atoms with Crippen LogP contribution >= 0.6 is 11.3 Å². The molecular formula is C23H27N3O2S. The highest BCUT2D eigenvalue weighted by Gasteiger charge is 2.20. The average molecular weight is 410 g/mol.